The summed E-state index contributed by atoms with van der Waals surface area (Å²) in [5, 5.41) is 9.09. The molecule has 1 aromatic carbocycles. The molecule has 0 radical (unpaired) electrons. The Morgan fingerprint density at radius 1 is 1.26 bits per heavy atom. The maximum atomic E-state index is 12.3. The van der Waals surface area contributed by atoms with Gasteiger partial charge in [0.05, 0.1) is 0 Å². The molecule has 1 aliphatic rings. The molecule has 0 bridgehead atoms. The van der Waals surface area contributed by atoms with E-state index in [4.69, 9.17) is 5.11 Å². The average molecular weight is 271 g/mol. The van der Waals surface area contributed by atoms with Gasteiger partial charge < -0.3 is 9.84 Å². The number of hydrogen-bond acceptors (Lipinski definition) is 3. The molecule has 1 heterocycles. The van der Waals surface area contributed by atoms with Crippen LogP contribution in [0.1, 0.15) is 18.4 Å². The summed E-state index contributed by atoms with van der Waals surface area (Å²) in [6, 6.07) is 6.91. The minimum Gasteiger partial charge on any atom is -0.434 e. The highest BCUT2D eigenvalue weighted by Crippen LogP contribution is 2.24. The molecule has 0 aliphatic carbocycles. The number of benzene rings is 1. The highest BCUT2D eigenvalue weighted by atomic mass is 19.3. The van der Waals surface area contributed by atoms with Crippen LogP contribution in [0.15, 0.2) is 24.3 Å². The molecule has 0 aromatic heterocycles. The number of halogens is 2. The summed E-state index contributed by atoms with van der Waals surface area (Å²) < 4.78 is 29.2. The quantitative estimate of drug-likeness (QED) is 0.893. The Balaban J connectivity index is 1.95. The van der Waals surface area contributed by atoms with Crippen LogP contribution in [0, 0.1) is 5.92 Å². The van der Waals surface area contributed by atoms with Crippen LogP contribution >= 0.6 is 0 Å². The van der Waals surface area contributed by atoms with E-state index in [9.17, 15) is 8.78 Å². The van der Waals surface area contributed by atoms with Crippen molar-refractivity contribution >= 4 is 0 Å². The zero-order chi connectivity index (χ0) is 13.7. The van der Waals surface area contributed by atoms with Crippen molar-refractivity contribution in [1.29, 1.82) is 0 Å². The molecule has 0 atom stereocenters. The Bertz CT molecular complexity index is 393. The largest absolute Gasteiger partial charge is 0.434 e. The number of piperidine rings is 1. The van der Waals surface area contributed by atoms with Gasteiger partial charge in [-0.1, -0.05) is 18.2 Å². The number of hydrogen-bond donors (Lipinski definition) is 1. The van der Waals surface area contributed by atoms with Crippen molar-refractivity contribution in [2.75, 3.05) is 19.7 Å². The topological polar surface area (TPSA) is 32.7 Å². The normalized spacial score (nSPS) is 17.9. The van der Waals surface area contributed by atoms with Gasteiger partial charge in [0.1, 0.15) is 5.75 Å². The van der Waals surface area contributed by atoms with Crippen molar-refractivity contribution in [2.45, 2.75) is 26.0 Å². The first kappa shape index (κ1) is 14.2. The highest BCUT2D eigenvalue weighted by Gasteiger charge is 2.19. The Morgan fingerprint density at radius 2 is 1.95 bits per heavy atom. The number of aliphatic hydroxyl groups excluding tert-OH is 1. The standard InChI is InChI=1S/C14H19F2NO2/c15-14(16)19-13-4-2-1-3-12(13)9-17-7-5-11(10-18)6-8-17/h1-4,11,14,18H,5-10H2. The third-order valence-electron chi connectivity index (χ3n) is 3.55. The highest BCUT2D eigenvalue weighted by molar-refractivity contribution is 5.33. The molecule has 106 valence electrons. The van der Waals surface area contributed by atoms with Crippen LogP contribution in [-0.2, 0) is 6.54 Å². The average Bonchev–Trinajstić information content (AvgIpc) is 2.41. The molecule has 0 amide bonds. The number of alkyl halides is 2. The van der Waals surface area contributed by atoms with E-state index in [0.717, 1.165) is 31.5 Å². The third-order valence-corrected chi connectivity index (χ3v) is 3.55. The van der Waals surface area contributed by atoms with E-state index in [1.165, 1.54) is 0 Å². The van der Waals surface area contributed by atoms with Gasteiger partial charge >= 0.3 is 6.61 Å². The first-order chi connectivity index (χ1) is 9.19. The van der Waals surface area contributed by atoms with Crippen LogP contribution in [0.25, 0.3) is 0 Å². The van der Waals surface area contributed by atoms with Crippen LogP contribution < -0.4 is 4.74 Å². The minimum atomic E-state index is -2.79. The fraction of sp³-hybridized carbons (Fsp3) is 0.571. The SMILES string of the molecule is OCC1CCN(Cc2ccccc2OC(F)F)CC1. The van der Waals surface area contributed by atoms with Gasteiger partial charge in [0.15, 0.2) is 0 Å². The number of ether oxygens (including phenoxy) is 1. The molecule has 1 aliphatic heterocycles. The van der Waals surface area contributed by atoms with Crippen molar-refractivity contribution in [3.8, 4) is 5.75 Å². The Morgan fingerprint density at radius 3 is 2.58 bits per heavy atom. The Kier molecular flexibility index (Phi) is 5.10. The zero-order valence-electron chi connectivity index (χ0n) is 10.8. The van der Waals surface area contributed by atoms with E-state index in [0.29, 0.717) is 12.5 Å². The maximum absolute atomic E-state index is 12.3. The second-order valence-corrected chi connectivity index (χ2v) is 4.89. The van der Waals surface area contributed by atoms with E-state index in [1.54, 1.807) is 12.1 Å². The first-order valence-electron chi connectivity index (χ1n) is 6.55. The molecule has 1 N–H and O–H groups in total. The predicted molar refractivity (Wildman–Crippen MR) is 68.2 cm³/mol. The van der Waals surface area contributed by atoms with Crippen molar-refractivity contribution in [2.24, 2.45) is 5.92 Å². The lowest BCUT2D eigenvalue weighted by Crippen LogP contribution is -2.34. The molecule has 5 heteroatoms. The second-order valence-electron chi connectivity index (χ2n) is 4.89. The summed E-state index contributed by atoms with van der Waals surface area (Å²) in [5.41, 5.74) is 0.783. The van der Waals surface area contributed by atoms with Crippen molar-refractivity contribution in [3.63, 3.8) is 0 Å². The molecule has 2 rings (SSSR count). The van der Waals surface area contributed by atoms with Crippen LogP contribution in [0.4, 0.5) is 8.78 Å². The van der Waals surface area contributed by atoms with Gasteiger partial charge in [0.25, 0.3) is 0 Å². The van der Waals surface area contributed by atoms with Crippen LogP contribution in [-0.4, -0.2) is 36.3 Å². The molecule has 1 aromatic rings. The van der Waals surface area contributed by atoms with E-state index >= 15 is 0 Å². The number of likely N-dealkylation sites (tertiary alicyclic amines) is 1. The number of nitrogens with zero attached hydrogens (tertiary/aromatic N) is 1. The molecule has 19 heavy (non-hydrogen) atoms. The smallest absolute Gasteiger partial charge is 0.387 e. The van der Waals surface area contributed by atoms with Gasteiger partial charge in [-0.15, -0.1) is 0 Å². The lowest BCUT2D eigenvalue weighted by molar-refractivity contribution is -0.0508. The molecular weight excluding hydrogens is 252 g/mol. The summed E-state index contributed by atoms with van der Waals surface area (Å²) in [6.07, 6.45) is 1.91. The second kappa shape index (κ2) is 6.82. The van der Waals surface area contributed by atoms with E-state index < -0.39 is 6.61 Å². The maximum Gasteiger partial charge on any atom is 0.387 e. The molecule has 3 nitrogen and oxygen atoms in total. The fourth-order valence-corrected chi connectivity index (χ4v) is 2.41. The summed E-state index contributed by atoms with van der Waals surface area (Å²) in [4.78, 5) is 2.21. The Hall–Kier alpha value is -1.20. The lowest BCUT2D eigenvalue weighted by atomic mass is 9.97. The van der Waals surface area contributed by atoms with Gasteiger partial charge in [-0.25, -0.2) is 0 Å². The summed E-state index contributed by atoms with van der Waals surface area (Å²) >= 11 is 0. The van der Waals surface area contributed by atoms with Gasteiger partial charge in [0, 0.05) is 18.7 Å². The molecule has 1 fully saturated rings. The lowest BCUT2D eigenvalue weighted by Gasteiger charge is -2.31. The fourth-order valence-electron chi connectivity index (χ4n) is 2.41. The summed E-state index contributed by atoms with van der Waals surface area (Å²) in [6.45, 7) is -0.177. The molecule has 0 unspecified atom stereocenters. The molecule has 0 spiro atoms. The number of rotatable bonds is 5. The van der Waals surface area contributed by atoms with E-state index in [1.807, 2.05) is 12.1 Å². The minimum absolute atomic E-state index is 0.235. The molecular formula is C14H19F2NO2. The number of aliphatic hydroxyl groups is 1. The van der Waals surface area contributed by atoms with Crippen LogP contribution in [0.5, 0.6) is 5.75 Å². The van der Waals surface area contributed by atoms with E-state index in [-0.39, 0.29) is 12.4 Å². The van der Waals surface area contributed by atoms with Gasteiger partial charge in [0.2, 0.25) is 0 Å². The molecule has 1 saturated heterocycles. The summed E-state index contributed by atoms with van der Waals surface area (Å²) in [7, 11) is 0. The van der Waals surface area contributed by atoms with Gasteiger partial charge in [-0.2, -0.15) is 8.78 Å². The first-order valence-corrected chi connectivity index (χ1v) is 6.55. The predicted octanol–water partition coefficient (Wildman–Crippen LogP) is 2.49. The molecule has 0 saturated carbocycles. The van der Waals surface area contributed by atoms with Crippen molar-refractivity contribution in [1.82, 2.24) is 4.90 Å². The van der Waals surface area contributed by atoms with Crippen molar-refractivity contribution < 1.29 is 18.6 Å². The van der Waals surface area contributed by atoms with E-state index in [2.05, 4.69) is 9.64 Å². The Labute approximate surface area is 111 Å². The monoisotopic (exact) mass is 271 g/mol. The van der Waals surface area contributed by atoms with Crippen molar-refractivity contribution in [3.05, 3.63) is 29.8 Å². The summed E-state index contributed by atoms with van der Waals surface area (Å²) in [5.74, 6) is 0.630. The zero-order valence-corrected chi connectivity index (χ0v) is 10.8. The van der Waals surface area contributed by atoms with Gasteiger partial charge in [-0.05, 0) is 37.9 Å². The van der Waals surface area contributed by atoms with Crippen LogP contribution in [0.3, 0.4) is 0 Å². The number of para-hydroxylation sites is 1. The van der Waals surface area contributed by atoms with Gasteiger partial charge in [-0.3, -0.25) is 4.90 Å². The van der Waals surface area contributed by atoms with Crippen LogP contribution in [0.2, 0.25) is 0 Å². The third kappa shape index (κ3) is 4.14.